The third-order valence-corrected chi connectivity index (χ3v) is 4.51. The van der Waals surface area contributed by atoms with E-state index in [0.717, 1.165) is 6.54 Å². The Morgan fingerprint density at radius 2 is 2.32 bits per heavy atom. The van der Waals surface area contributed by atoms with Crippen LogP contribution < -0.4 is 26.7 Å². The summed E-state index contributed by atoms with van der Waals surface area (Å²) >= 11 is 5.95. The molecule has 1 aromatic rings. The number of hydrazine groups is 1. The minimum Gasteiger partial charge on any atom is -0.489 e. The number of ether oxygens (including phenoxy) is 1. The van der Waals surface area contributed by atoms with Gasteiger partial charge in [-0.2, -0.15) is 0 Å². The molecule has 6 nitrogen and oxygen atoms in total. The van der Waals surface area contributed by atoms with Crippen LogP contribution >= 0.6 is 11.6 Å². The number of anilines is 1. The Bertz CT molecular complexity index is 605. The van der Waals surface area contributed by atoms with Crippen LogP contribution in [0.2, 0.25) is 5.02 Å². The highest BCUT2D eigenvalue weighted by molar-refractivity contribution is 6.31. The van der Waals surface area contributed by atoms with Crippen molar-refractivity contribution >= 4 is 23.1 Å². The van der Waals surface area contributed by atoms with Gasteiger partial charge < -0.3 is 15.4 Å². The number of nitrogens with zero attached hydrogens (tertiary/aromatic N) is 2. The van der Waals surface area contributed by atoms with E-state index >= 15 is 0 Å². The van der Waals surface area contributed by atoms with Gasteiger partial charge in [0.15, 0.2) is 11.7 Å². The second-order valence-corrected chi connectivity index (χ2v) is 6.02. The Labute approximate surface area is 133 Å². The zero-order chi connectivity index (χ0) is 15.7. The van der Waals surface area contributed by atoms with E-state index in [-0.39, 0.29) is 16.4 Å². The van der Waals surface area contributed by atoms with E-state index in [2.05, 4.69) is 15.5 Å². The molecule has 1 saturated carbocycles. The van der Waals surface area contributed by atoms with Crippen molar-refractivity contribution < 1.29 is 9.13 Å². The fraction of sp³-hybridized carbons (Fsp3) is 0.500. The summed E-state index contributed by atoms with van der Waals surface area (Å²) < 4.78 is 20.2. The van der Waals surface area contributed by atoms with Gasteiger partial charge in [0.1, 0.15) is 12.4 Å². The Kier molecular flexibility index (Phi) is 4.26. The molecule has 0 aromatic heterocycles. The van der Waals surface area contributed by atoms with Crippen LogP contribution in [0.4, 0.5) is 10.1 Å². The summed E-state index contributed by atoms with van der Waals surface area (Å²) in [5.74, 6) is 5.65. The van der Waals surface area contributed by atoms with Crippen molar-refractivity contribution in [3.63, 3.8) is 0 Å². The number of halogens is 2. The molecule has 22 heavy (non-hydrogen) atoms. The largest absolute Gasteiger partial charge is 0.489 e. The fourth-order valence-corrected chi connectivity index (χ4v) is 3.12. The minimum atomic E-state index is -0.610. The van der Waals surface area contributed by atoms with Crippen LogP contribution in [-0.4, -0.2) is 25.5 Å². The highest BCUT2D eigenvalue weighted by Crippen LogP contribution is 2.41. The summed E-state index contributed by atoms with van der Waals surface area (Å²) in [5.41, 5.74) is 8.70. The molecular weight excluding hydrogens is 309 g/mol. The zero-order valence-electron chi connectivity index (χ0n) is 12.1. The first-order chi connectivity index (χ1) is 10.6. The van der Waals surface area contributed by atoms with Crippen molar-refractivity contribution in [1.82, 2.24) is 5.53 Å². The second-order valence-electron chi connectivity index (χ2n) is 5.61. The first-order valence-corrected chi connectivity index (χ1v) is 7.68. The van der Waals surface area contributed by atoms with E-state index in [0.29, 0.717) is 30.5 Å². The molecule has 0 bridgehead atoms. The van der Waals surface area contributed by atoms with Crippen molar-refractivity contribution in [3.8, 4) is 5.75 Å². The van der Waals surface area contributed by atoms with Crippen LogP contribution in [0, 0.1) is 11.7 Å². The average molecular weight is 328 g/mol. The Morgan fingerprint density at radius 1 is 1.55 bits per heavy atom. The normalized spacial score (nSPS) is 18.5. The number of hydrazone groups is 1. The maximum Gasteiger partial charge on any atom is 0.157 e. The van der Waals surface area contributed by atoms with Gasteiger partial charge in [0.25, 0.3) is 0 Å². The lowest BCUT2D eigenvalue weighted by molar-refractivity contribution is 0.278. The number of amidine groups is 1. The highest BCUT2D eigenvalue weighted by Gasteiger charge is 2.30. The van der Waals surface area contributed by atoms with Gasteiger partial charge in [0.2, 0.25) is 0 Å². The van der Waals surface area contributed by atoms with Crippen molar-refractivity contribution in [2.45, 2.75) is 19.3 Å². The van der Waals surface area contributed by atoms with Gasteiger partial charge in [-0.05, 0) is 18.8 Å². The van der Waals surface area contributed by atoms with Crippen LogP contribution in [0.3, 0.4) is 0 Å². The van der Waals surface area contributed by atoms with Crippen LogP contribution in [0.1, 0.15) is 24.8 Å². The maximum atomic E-state index is 14.5. The smallest absolute Gasteiger partial charge is 0.157 e. The number of hydrogen-bond donors (Lipinski definition) is 3. The van der Waals surface area contributed by atoms with E-state index in [1.165, 1.54) is 25.3 Å². The zero-order valence-corrected chi connectivity index (χ0v) is 12.9. The van der Waals surface area contributed by atoms with Gasteiger partial charge in [0.05, 0.1) is 22.8 Å². The lowest BCUT2D eigenvalue weighted by Gasteiger charge is -2.38. The first-order valence-electron chi connectivity index (χ1n) is 7.30. The summed E-state index contributed by atoms with van der Waals surface area (Å²) in [6.45, 7) is 2.07. The third kappa shape index (κ3) is 2.66. The minimum absolute atomic E-state index is 0.0468. The van der Waals surface area contributed by atoms with Crippen molar-refractivity contribution in [3.05, 3.63) is 22.5 Å². The van der Waals surface area contributed by atoms with Gasteiger partial charge in [-0.3, -0.25) is 0 Å². The molecule has 0 unspecified atom stereocenters. The quantitative estimate of drug-likeness (QED) is 0.338. The number of nitrogens with two attached hydrogens (primary N) is 2. The van der Waals surface area contributed by atoms with E-state index in [1.54, 1.807) is 0 Å². The molecule has 1 heterocycles. The van der Waals surface area contributed by atoms with Crippen molar-refractivity contribution in [1.29, 1.82) is 0 Å². The number of nitrogens with one attached hydrogen (secondary N) is 1. The molecule has 0 saturated heterocycles. The molecule has 8 heteroatoms. The van der Waals surface area contributed by atoms with E-state index in [4.69, 9.17) is 27.9 Å². The predicted molar refractivity (Wildman–Crippen MR) is 84.5 cm³/mol. The van der Waals surface area contributed by atoms with E-state index in [9.17, 15) is 4.39 Å². The summed E-state index contributed by atoms with van der Waals surface area (Å²) in [6.07, 6.45) is 3.66. The topological polar surface area (TPSA) is 88.9 Å². The summed E-state index contributed by atoms with van der Waals surface area (Å²) in [4.78, 5) is 2.11. The van der Waals surface area contributed by atoms with Crippen LogP contribution in [0.15, 0.2) is 11.2 Å². The van der Waals surface area contributed by atoms with Crippen molar-refractivity contribution in [2.24, 2.45) is 22.6 Å². The molecule has 0 amide bonds. The summed E-state index contributed by atoms with van der Waals surface area (Å²) in [7, 11) is 0. The molecule has 1 fully saturated rings. The number of benzene rings is 1. The SMILES string of the molecule is NN/N=C(\N)c1c(F)c(Cl)cc2c1N(CC1CCC1)CCO2. The first kappa shape index (κ1) is 15.2. The number of fused-ring (bicyclic) bond motifs is 1. The standard InChI is InChI=1S/C14H19ClFN5O/c15-9-6-10-13(11(12(9)16)14(17)19-20-18)21(4-5-22-10)7-8-2-1-3-8/h6,8,20H,1-5,7,18H2,(H2,17,19). The lowest BCUT2D eigenvalue weighted by Crippen LogP contribution is -2.40. The molecule has 0 atom stereocenters. The third-order valence-electron chi connectivity index (χ3n) is 4.24. The van der Waals surface area contributed by atoms with Gasteiger partial charge in [-0.25, -0.2) is 15.8 Å². The van der Waals surface area contributed by atoms with Gasteiger partial charge in [-0.15, -0.1) is 5.10 Å². The van der Waals surface area contributed by atoms with Gasteiger partial charge >= 0.3 is 0 Å². The molecule has 0 radical (unpaired) electrons. The molecule has 1 aromatic carbocycles. The number of rotatable bonds is 4. The van der Waals surface area contributed by atoms with Gasteiger partial charge in [-0.1, -0.05) is 18.0 Å². The molecule has 1 aliphatic carbocycles. The molecule has 120 valence electrons. The van der Waals surface area contributed by atoms with E-state index < -0.39 is 5.82 Å². The number of hydrogen-bond acceptors (Lipinski definition) is 5. The average Bonchev–Trinajstić information content (AvgIpc) is 2.44. The fourth-order valence-electron chi connectivity index (χ4n) is 2.92. The van der Waals surface area contributed by atoms with Gasteiger partial charge in [0, 0.05) is 12.6 Å². The molecule has 0 spiro atoms. The monoisotopic (exact) mass is 327 g/mol. The summed E-state index contributed by atoms with van der Waals surface area (Å²) in [6, 6.07) is 1.49. The lowest BCUT2D eigenvalue weighted by atomic mass is 9.85. The summed E-state index contributed by atoms with van der Waals surface area (Å²) in [5, 5.41) is 3.65. The maximum absolute atomic E-state index is 14.5. The molecule has 2 aliphatic rings. The van der Waals surface area contributed by atoms with Crippen LogP contribution in [0.5, 0.6) is 5.75 Å². The Morgan fingerprint density at radius 3 is 2.95 bits per heavy atom. The Balaban J connectivity index is 2.07. The second kappa shape index (κ2) is 6.18. The Hall–Kier alpha value is -1.73. The molecule has 3 rings (SSSR count). The molecule has 5 N–H and O–H groups in total. The predicted octanol–water partition coefficient (Wildman–Crippen LogP) is 1.56. The molecule has 1 aliphatic heterocycles. The highest BCUT2D eigenvalue weighted by atomic mass is 35.5. The van der Waals surface area contributed by atoms with E-state index in [1.807, 2.05) is 0 Å². The van der Waals surface area contributed by atoms with Crippen LogP contribution in [-0.2, 0) is 0 Å². The van der Waals surface area contributed by atoms with Crippen LogP contribution in [0.25, 0.3) is 0 Å². The molecular formula is C14H19ClFN5O. The van der Waals surface area contributed by atoms with Crippen molar-refractivity contribution in [2.75, 3.05) is 24.6 Å².